The van der Waals surface area contributed by atoms with Crippen molar-refractivity contribution in [3.05, 3.63) is 66.0 Å². The lowest BCUT2D eigenvalue weighted by atomic mass is 9.99. The van der Waals surface area contributed by atoms with Gasteiger partial charge in [-0.15, -0.1) is 0 Å². The zero-order valence-electron chi connectivity index (χ0n) is 19.0. The van der Waals surface area contributed by atoms with Crippen molar-refractivity contribution >= 4 is 33.4 Å². The molecule has 1 aliphatic rings. The summed E-state index contributed by atoms with van der Waals surface area (Å²) in [5, 5.41) is 14.5. The Labute approximate surface area is 193 Å². The molecule has 170 valence electrons. The number of carbonyl (C=O) groups is 1. The summed E-state index contributed by atoms with van der Waals surface area (Å²) in [7, 11) is 0. The number of hydrogen-bond acceptors (Lipinski definition) is 5. The minimum absolute atomic E-state index is 0.149. The van der Waals surface area contributed by atoms with E-state index in [0.29, 0.717) is 5.56 Å². The van der Waals surface area contributed by atoms with Gasteiger partial charge in [0.15, 0.2) is 5.65 Å². The van der Waals surface area contributed by atoms with Crippen LogP contribution in [0.1, 0.15) is 48.7 Å². The third-order valence-electron chi connectivity index (χ3n) is 6.42. The first-order valence-electron chi connectivity index (χ1n) is 11.6. The second kappa shape index (κ2) is 9.19. The molecule has 3 heterocycles. The van der Waals surface area contributed by atoms with Crippen molar-refractivity contribution < 1.29 is 9.53 Å². The first-order valence-corrected chi connectivity index (χ1v) is 11.6. The van der Waals surface area contributed by atoms with Crippen molar-refractivity contribution in [1.29, 1.82) is 0 Å². The molecule has 5 rings (SSSR count). The molecule has 1 amide bonds. The Morgan fingerprint density at radius 1 is 1.12 bits per heavy atom. The van der Waals surface area contributed by atoms with Crippen LogP contribution in [0.2, 0.25) is 0 Å². The number of pyridine rings is 1. The quantitative estimate of drug-likeness (QED) is 0.452. The van der Waals surface area contributed by atoms with Crippen molar-refractivity contribution in [2.24, 2.45) is 0 Å². The molecule has 1 aliphatic heterocycles. The van der Waals surface area contributed by atoms with Crippen LogP contribution < -0.4 is 10.6 Å². The molecule has 4 aromatic rings. The molecule has 0 saturated carbocycles. The number of amides is 1. The van der Waals surface area contributed by atoms with Gasteiger partial charge in [0.1, 0.15) is 0 Å². The summed E-state index contributed by atoms with van der Waals surface area (Å²) < 4.78 is 7.36. The number of nitrogens with zero attached hydrogens (tertiary/aromatic N) is 3. The molecule has 0 aliphatic carbocycles. The Bertz CT molecular complexity index is 1290. The fourth-order valence-electron chi connectivity index (χ4n) is 4.61. The smallest absolute Gasteiger partial charge is 0.255 e. The van der Waals surface area contributed by atoms with Gasteiger partial charge in [0.25, 0.3) is 5.91 Å². The van der Waals surface area contributed by atoms with Crippen molar-refractivity contribution in [3.8, 4) is 0 Å². The van der Waals surface area contributed by atoms with E-state index in [1.165, 1.54) is 0 Å². The van der Waals surface area contributed by atoms with E-state index in [1.807, 2.05) is 36.7 Å². The van der Waals surface area contributed by atoms with Crippen LogP contribution in [0.4, 0.5) is 5.69 Å². The van der Waals surface area contributed by atoms with Crippen molar-refractivity contribution in [2.75, 3.05) is 18.5 Å². The Kier molecular flexibility index (Phi) is 5.96. The third-order valence-corrected chi connectivity index (χ3v) is 6.42. The van der Waals surface area contributed by atoms with Gasteiger partial charge >= 0.3 is 0 Å². The molecule has 2 aromatic heterocycles. The maximum atomic E-state index is 13.5. The second-order valence-corrected chi connectivity index (χ2v) is 8.54. The Hall–Kier alpha value is -3.45. The van der Waals surface area contributed by atoms with E-state index >= 15 is 0 Å². The van der Waals surface area contributed by atoms with E-state index in [0.717, 1.165) is 65.7 Å². The highest BCUT2D eigenvalue weighted by atomic mass is 16.5. The first-order chi connectivity index (χ1) is 16.2. The van der Waals surface area contributed by atoms with Crippen molar-refractivity contribution in [2.45, 2.75) is 45.3 Å². The highest BCUT2D eigenvalue weighted by Gasteiger charge is 2.23. The lowest BCUT2D eigenvalue weighted by molar-refractivity contribution is 0.0903. The van der Waals surface area contributed by atoms with Crippen LogP contribution >= 0.6 is 0 Å². The SMILES string of the molecule is CCn1ncc2c(NC3CCOCC3)c(C(=O)N[C@H](C)c3cccc4ccccc34)cnc21. The van der Waals surface area contributed by atoms with Gasteiger partial charge in [-0.3, -0.25) is 4.79 Å². The number of aryl methyl sites for hydroxylation is 1. The van der Waals surface area contributed by atoms with Crippen LogP contribution in [0, 0.1) is 0 Å². The van der Waals surface area contributed by atoms with Gasteiger partial charge in [-0.1, -0.05) is 42.5 Å². The molecule has 1 atom stereocenters. The molecule has 7 heteroatoms. The Morgan fingerprint density at radius 3 is 2.73 bits per heavy atom. The summed E-state index contributed by atoms with van der Waals surface area (Å²) in [5.74, 6) is -0.149. The molecule has 2 aromatic carbocycles. The van der Waals surface area contributed by atoms with Gasteiger partial charge in [0.2, 0.25) is 0 Å². The van der Waals surface area contributed by atoms with E-state index in [2.05, 4.69) is 45.0 Å². The molecule has 1 saturated heterocycles. The zero-order valence-corrected chi connectivity index (χ0v) is 19.0. The van der Waals surface area contributed by atoms with Gasteiger partial charge in [-0.05, 0) is 43.0 Å². The van der Waals surface area contributed by atoms with Crippen molar-refractivity contribution in [3.63, 3.8) is 0 Å². The van der Waals surface area contributed by atoms with Crippen LogP contribution in [-0.2, 0) is 11.3 Å². The number of anilines is 1. The number of fused-ring (bicyclic) bond motifs is 2. The summed E-state index contributed by atoms with van der Waals surface area (Å²) in [6.07, 6.45) is 5.28. The lowest BCUT2D eigenvalue weighted by Gasteiger charge is -2.26. The maximum absolute atomic E-state index is 13.5. The van der Waals surface area contributed by atoms with E-state index in [1.54, 1.807) is 12.4 Å². The van der Waals surface area contributed by atoms with Gasteiger partial charge < -0.3 is 15.4 Å². The third kappa shape index (κ3) is 4.16. The first kappa shape index (κ1) is 21.4. The molecular formula is C26H29N5O2. The van der Waals surface area contributed by atoms with Gasteiger partial charge in [-0.2, -0.15) is 5.10 Å². The highest BCUT2D eigenvalue weighted by molar-refractivity contribution is 6.06. The zero-order chi connectivity index (χ0) is 22.8. The maximum Gasteiger partial charge on any atom is 0.255 e. The van der Waals surface area contributed by atoms with Gasteiger partial charge in [0, 0.05) is 32.0 Å². The topological polar surface area (TPSA) is 81.1 Å². The van der Waals surface area contributed by atoms with Crippen LogP contribution in [0.15, 0.2) is 54.9 Å². The van der Waals surface area contributed by atoms with Crippen LogP contribution in [0.25, 0.3) is 21.8 Å². The molecule has 0 radical (unpaired) electrons. The molecule has 1 fully saturated rings. The minimum Gasteiger partial charge on any atom is -0.381 e. The summed E-state index contributed by atoms with van der Waals surface area (Å²) in [6.45, 7) is 6.22. The monoisotopic (exact) mass is 443 g/mol. The summed E-state index contributed by atoms with van der Waals surface area (Å²) in [4.78, 5) is 18.1. The highest BCUT2D eigenvalue weighted by Crippen LogP contribution is 2.30. The minimum atomic E-state index is -0.159. The van der Waals surface area contributed by atoms with Gasteiger partial charge in [-0.25, -0.2) is 9.67 Å². The largest absolute Gasteiger partial charge is 0.381 e. The van der Waals surface area contributed by atoms with E-state index < -0.39 is 0 Å². The van der Waals surface area contributed by atoms with E-state index in [4.69, 9.17) is 4.74 Å². The second-order valence-electron chi connectivity index (χ2n) is 8.54. The van der Waals surface area contributed by atoms with Crippen LogP contribution in [0.3, 0.4) is 0 Å². The predicted octanol–water partition coefficient (Wildman–Crippen LogP) is 4.69. The molecular weight excluding hydrogens is 414 g/mol. The normalized spacial score (nSPS) is 15.6. The number of hydrogen-bond donors (Lipinski definition) is 2. The van der Waals surface area contributed by atoms with Crippen LogP contribution in [0.5, 0.6) is 0 Å². The summed E-state index contributed by atoms with van der Waals surface area (Å²) in [6, 6.07) is 14.5. The molecule has 0 unspecified atom stereocenters. The van der Waals surface area contributed by atoms with E-state index in [9.17, 15) is 4.79 Å². The summed E-state index contributed by atoms with van der Waals surface area (Å²) >= 11 is 0. The average molecular weight is 444 g/mol. The lowest BCUT2D eigenvalue weighted by Crippen LogP contribution is -2.31. The number of nitrogens with one attached hydrogen (secondary N) is 2. The van der Waals surface area contributed by atoms with E-state index in [-0.39, 0.29) is 18.0 Å². The fraction of sp³-hybridized carbons (Fsp3) is 0.346. The fourth-order valence-corrected chi connectivity index (χ4v) is 4.61. The number of rotatable bonds is 6. The molecule has 33 heavy (non-hydrogen) atoms. The van der Waals surface area contributed by atoms with Crippen molar-refractivity contribution in [1.82, 2.24) is 20.1 Å². The molecule has 0 spiro atoms. The molecule has 2 N–H and O–H groups in total. The Morgan fingerprint density at radius 2 is 1.91 bits per heavy atom. The number of aromatic nitrogens is 3. The molecule has 0 bridgehead atoms. The number of benzene rings is 2. The Balaban J connectivity index is 1.48. The summed E-state index contributed by atoms with van der Waals surface area (Å²) in [5.41, 5.74) is 3.21. The predicted molar refractivity (Wildman–Crippen MR) is 130 cm³/mol. The van der Waals surface area contributed by atoms with Crippen LogP contribution in [-0.4, -0.2) is 39.9 Å². The van der Waals surface area contributed by atoms with Gasteiger partial charge in [0.05, 0.1) is 28.9 Å². The molecule has 7 nitrogen and oxygen atoms in total. The number of ether oxygens (including phenoxy) is 1. The average Bonchev–Trinajstić information content (AvgIpc) is 3.28. The standard InChI is InChI=1S/C26H29N5O2/c1-3-31-25-22(16-28-31)24(30-19-11-13-33-14-12-19)23(15-27-25)26(32)29-17(2)20-10-6-8-18-7-4-5-9-21(18)20/h4-10,15-17,19H,3,11-14H2,1-2H3,(H,27,30)(H,29,32)/t17-/m1/s1. The number of carbonyl (C=O) groups excluding carboxylic acids is 1.